The Morgan fingerprint density at radius 2 is 2.00 bits per heavy atom. The minimum absolute atomic E-state index is 0.00118. The molecule has 1 aliphatic rings. The average molecular weight is 422 g/mol. The number of anilines is 1. The lowest BCUT2D eigenvalue weighted by molar-refractivity contribution is -0.121. The molecule has 2 heterocycles. The summed E-state index contributed by atoms with van der Waals surface area (Å²) in [6, 6.07) is 5.69. The van der Waals surface area contributed by atoms with Crippen LogP contribution < -0.4 is 5.32 Å². The summed E-state index contributed by atoms with van der Waals surface area (Å²) in [5, 5.41) is 5.44. The van der Waals surface area contributed by atoms with E-state index in [-0.39, 0.29) is 17.7 Å². The molecular formula is C18H20BrN3O2S. The van der Waals surface area contributed by atoms with E-state index in [4.69, 9.17) is 0 Å². The number of benzene rings is 1. The van der Waals surface area contributed by atoms with Gasteiger partial charge in [0.15, 0.2) is 5.13 Å². The van der Waals surface area contributed by atoms with Crippen LogP contribution >= 0.6 is 27.3 Å². The molecule has 0 bridgehead atoms. The number of likely N-dealkylation sites (tertiary alicyclic amines) is 1. The quantitative estimate of drug-likeness (QED) is 0.813. The van der Waals surface area contributed by atoms with Crippen LogP contribution in [0.15, 0.2) is 28.1 Å². The van der Waals surface area contributed by atoms with Crippen LogP contribution in [-0.2, 0) is 4.79 Å². The predicted molar refractivity (Wildman–Crippen MR) is 103 cm³/mol. The first-order valence-electron chi connectivity index (χ1n) is 8.22. The topological polar surface area (TPSA) is 62.3 Å². The van der Waals surface area contributed by atoms with Crippen molar-refractivity contribution in [2.45, 2.75) is 26.7 Å². The van der Waals surface area contributed by atoms with E-state index < -0.39 is 0 Å². The Morgan fingerprint density at radius 1 is 1.28 bits per heavy atom. The third kappa shape index (κ3) is 4.27. The third-order valence-corrected chi connectivity index (χ3v) is 5.79. The van der Waals surface area contributed by atoms with Gasteiger partial charge in [-0.1, -0.05) is 15.9 Å². The van der Waals surface area contributed by atoms with Gasteiger partial charge in [-0.25, -0.2) is 4.98 Å². The summed E-state index contributed by atoms with van der Waals surface area (Å²) in [5.41, 5.74) is 2.59. The zero-order valence-electron chi connectivity index (χ0n) is 14.2. The number of piperidine rings is 1. The van der Waals surface area contributed by atoms with Crippen LogP contribution in [0.2, 0.25) is 0 Å². The molecule has 0 aliphatic carbocycles. The van der Waals surface area contributed by atoms with Gasteiger partial charge in [-0.15, -0.1) is 11.3 Å². The van der Waals surface area contributed by atoms with Crippen molar-refractivity contribution in [3.8, 4) is 0 Å². The van der Waals surface area contributed by atoms with Crippen molar-refractivity contribution in [3.05, 3.63) is 44.9 Å². The molecule has 5 nitrogen and oxygen atoms in total. The minimum atomic E-state index is -0.0701. The highest BCUT2D eigenvalue weighted by Crippen LogP contribution is 2.24. The van der Waals surface area contributed by atoms with Crippen molar-refractivity contribution in [1.29, 1.82) is 0 Å². The first kappa shape index (κ1) is 18.1. The summed E-state index contributed by atoms with van der Waals surface area (Å²) in [6.07, 6.45) is 1.36. The normalized spacial score (nSPS) is 15.2. The molecule has 7 heteroatoms. The lowest BCUT2D eigenvalue weighted by Crippen LogP contribution is -2.41. The lowest BCUT2D eigenvalue weighted by Gasteiger charge is -2.31. The van der Waals surface area contributed by atoms with Gasteiger partial charge in [-0.05, 0) is 50.5 Å². The highest BCUT2D eigenvalue weighted by molar-refractivity contribution is 9.10. The second-order valence-electron chi connectivity index (χ2n) is 6.31. The van der Waals surface area contributed by atoms with Crippen molar-refractivity contribution in [1.82, 2.24) is 9.88 Å². The Balaban J connectivity index is 1.57. The van der Waals surface area contributed by atoms with Crippen molar-refractivity contribution in [2.75, 3.05) is 18.4 Å². The molecule has 1 saturated heterocycles. The zero-order chi connectivity index (χ0) is 18.0. The van der Waals surface area contributed by atoms with Crippen LogP contribution in [0, 0.1) is 19.8 Å². The standard InChI is InChI=1S/C18H20BrN3O2S/c1-11-9-14(19)3-4-15(11)17(24)22-7-5-13(6-8-22)16(23)21-18-20-12(2)10-25-18/h3-4,9-10,13H,5-8H2,1-2H3,(H,20,21,23). The van der Waals surface area contributed by atoms with Crippen molar-refractivity contribution in [3.63, 3.8) is 0 Å². The fourth-order valence-corrected chi connectivity index (χ4v) is 4.17. The molecule has 25 heavy (non-hydrogen) atoms. The van der Waals surface area contributed by atoms with Gasteiger partial charge in [0, 0.05) is 34.4 Å². The maximum atomic E-state index is 12.7. The number of carbonyl (C=O) groups excluding carboxylic acids is 2. The molecule has 0 atom stereocenters. The molecular weight excluding hydrogens is 402 g/mol. The predicted octanol–water partition coefficient (Wildman–Crippen LogP) is 4.01. The molecule has 2 amide bonds. The monoisotopic (exact) mass is 421 g/mol. The van der Waals surface area contributed by atoms with Crippen LogP contribution in [0.1, 0.15) is 34.5 Å². The lowest BCUT2D eigenvalue weighted by atomic mass is 9.95. The Bertz CT molecular complexity index is 797. The molecule has 0 saturated carbocycles. The Hall–Kier alpha value is -1.73. The maximum Gasteiger partial charge on any atom is 0.254 e. The highest BCUT2D eigenvalue weighted by Gasteiger charge is 2.28. The molecule has 0 spiro atoms. The summed E-state index contributed by atoms with van der Waals surface area (Å²) in [5.74, 6) is -0.0278. The van der Waals surface area contributed by atoms with Gasteiger partial charge < -0.3 is 10.2 Å². The van der Waals surface area contributed by atoms with E-state index in [1.54, 1.807) is 0 Å². The maximum absolute atomic E-state index is 12.7. The number of nitrogens with zero attached hydrogens (tertiary/aromatic N) is 2. The van der Waals surface area contributed by atoms with Crippen LogP contribution in [0.3, 0.4) is 0 Å². The Morgan fingerprint density at radius 3 is 2.60 bits per heavy atom. The largest absolute Gasteiger partial charge is 0.339 e. The Labute approximate surface area is 159 Å². The fourth-order valence-electron chi connectivity index (χ4n) is 3.00. The molecule has 1 aromatic heterocycles. The number of amides is 2. The molecule has 1 aromatic carbocycles. The second-order valence-corrected chi connectivity index (χ2v) is 8.08. The molecule has 132 valence electrons. The van der Waals surface area contributed by atoms with Gasteiger partial charge >= 0.3 is 0 Å². The first-order chi connectivity index (χ1) is 11.9. The molecule has 3 rings (SSSR count). The number of halogens is 1. The van der Waals surface area contributed by atoms with Crippen LogP contribution in [0.5, 0.6) is 0 Å². The number of hydrogen-bond acceptors (Lipinski definition) is 4. The van der Waals surface area contributed by atoms with E-state index in [9.17, 15) is 9.59 Å². The van der Waals surface area contributed by atoms with Crippen LogP contribution in [-0.4, -0.2) is 34.8 Å². The van der Waals surface area contributed by atoms with Gasteiger partial charge in [-0.2, -0.15) is 0 Å². The summed E-state index contributed by atoms with van der Waals surface area (Å²) in [4.78, 5) is 31.2. The smallest absolute Gasteiger partial charge is 0.254 e. The molecule has 2 aromatic rings. The van der Waals surface area contributed by atoms with Crippen molar-refractivity contribution in [2.24, 2.45) is 5.92 Å². The van der Waals surface area contributed by atoms with E-state index in [1.165, 1.54) is 11.3 Å². The van der Waals surface area contributed by atoms with Crippen molar-refractivity contribution >= 4 is 44.2 Å². The van der Waals surface area contributed by atoms with E-state index in [1.807, 2.05) is 42.3 Å². The van der Waals surface area contributed by atoms with Crippen LogP contribution in [0.25, 0.3) is 0 Å². The van der Waals surface area contributed by atoms with Crippen LogP contribution in [0.4, 0.5) is 5.13 Å². The number of aromatic nitrogens is 1. The zero-order valence-corrected chi connectivity index (χ0v) is 16.6. The number of nitrogens with one attached hydrogen (secondary N) is 1. The number of thiazole rings is 1. The molecule has 1 aliphatic heterocycles. The summed E-state index contributed by atoms with van der Waals surface area (Å²) < 4.78 is 0.967. The molecule has 0 unspecified atom stereocenters. The van der Waals surface area contributed by atoms with Gasteiger partial charge in [0.1, 0.15) is 0 Å². The number of hydrogen-bond donors (Lipinski definition) is 1. The van der Waals surface area contributed by atoms with E-state index in [2.05, 4.69) is 26.2 Å². The number of rotatable bonds is 3. The number of aryl methyl sites for hydroxylation is 2. The van der Waals surface area contributed by atoms with E-state index >= 15 is 0 Å². The van der Waals surface area contributed by atoms with Gasteiger partial charge in [0.25, 0.3) is 5.91 Å². The summed E-state index contributed by atoms with van der Waals surface area (Å²) >= 11 is 4.86. The summed E-state index contributed by atoms with van der Waals surface area (Å²) in [7, 11) is 0. The second kappa shape index (κ2) is 7.66. The van der Waals surface area contributed by atoms with Gasteiger partial charge in [0.2, 0.25) is 5.91 Å². The highest BCUT2D eigenvalue weighted by atomic mass is 79.9. The molecule has 0 radical (unpaired) electrons. The minimum Gasteiger partial charge on any atom is -0.339 e. The summed E-state index contributed by atoms with van der Waals surface area (Å²) in [6.45, 7) is 5.04. The SMILES string of the molecule is Cc1csc(NC(=O)C2CCN(C(=O)c3ccc(Br)cc3C)CC2)n1. The van der Waals surface area contributed by atoms with E-state index in [0.717, 1.165) is 21.3 Å². The molecule has 1 N–H and O–H groups in total. The Kier molecular flexibility index (Phi) is 5.54. The molecule has 1 fully saturated rings. The van der Waals surface area contributed by atoms with Gasteiger partial charge in [-0.3, -0.25) is 9.59 Å². The average Bonchev–Trinajstić information content (AvgIpc) is 2.99. The fraction of sp³-hybridized carbons (Fsp3) is 0.389. The van der Waals surface area contributed by atoms with Crippen molar-refractivity contribution < 1.29 is 9.59 Å². The van der Waals surface area contributed by atoms with Gasteiger partial charge in [0.05, 0.1) is 5.69 Å². The number of carbonyl (C=O) groups is 2. The first-order valence-corrected chi connectivity index (χ1v) is 9.89. The third-order valence-electron chi connectivity index (χ3n) is 4.42. The van der Waals surface area contributed by atoms with E-state index in [0.29, 0.717) is 31.1 Å².